The lowest BCUT2D eigenvalue weighted by molar-refractivity contribution is -0.116. The number of hydrogen-bond donors (Lipinski definition) is 2. The van der Waals surface area contributed by atoms with Crippen molar-refractivity contribution in [2.24, 2.45) is 0 Å². The summed E-state index contributed by atoms with van der Waals surface area (Å²) in [5.41, 5.74) is 2.35. The van der Waals surface area contributed by atoms with E-state index in [0.29, 0.717) is 17.8 Å². The van der Waals surface area contributed by atoms with E-state index >= 15 is 0 Å². The highest BCUT2D eigenvalue weighted by molar-refractivity contribution is 5.90. The molecule has 0 aliphatic carbocycles. The molecule has 0 unspecified atom stereocenters. The van der Waals surface area contributed by atoms with E-state index in [-0.39, 0.29) is 12.3 Å². The van der Waals surface area contributed by atoms with E-state index in [1.165, 1.54) is 6.07 Å². The molecule has 0 atom stereocenters. The largest absolute Gasteiger partial charge is 0.309 e. The number of nitrogens with one attached hydrogen (secondary N) is 2. The number of nitrogens with zero attached hydrogens (tertiary/aromatic N) is 1. The third-order valence-electron chi connectivity index (χ3n) is 3.14. The highest BCUT2D eigenvalue weighted by atomic mass is 19.2. The van der Waals surface area contributed by atoms with Crippen LogP contribution in [0.15, 0.2) is 18.2 Å². The molecule has 1 aromatic carbocycles. The van der Waals surface area contributed by atoms with Gasteiger partial charge in [-0.2, -0.15) is 5.10 Å². The summed E-state index contributed by atoms with van der Waals surface area (Å²) in [6, 6.07) is 3.63. The van der Waals surface area contributed by atoms with E-state index in [1.807, 2.05) is 13.8 Å². The summed E-state index contributed by atoms with van der Waals surface area (Å²) in [7, 11) is 0. The van der Waals surface area contributed by atoms with Crippen molar-refractivity contribution in [1.82, 2.24) is 10.2 Å². The minimum atomic E-state index is -0.901. The van der Waals surface area contributed by atoms with Gasteiger partial charge >= 0.3 is 0 Å². The SMILES string of the molecule is Cc1[nH]nc(NC(=O)CCc2ccc(F)c(F)c2)c1C. The van der Waals surface area contributed by atoms with Crippen molar-refractivity contribution in [1.29, 1.82) is 0 Å². The zero-order chi connectivity index (χ0) is 14.7. The van der Waals surface area contributed by atoms with Gasteiger partial charge in [-0.25, -0.2) is 8.78 Å². The first-order valence-electron chi connectivity index (χ1n) is 6.22. The maximum absolute atomic E-state index is 13.0. The van der Waals surface area contributed by atoms with E-state index in [4.69, 9.17) is 0 Å². The Hall–Kier alpha value is -2.24. The molecule has 1 aromatic heterocycles. The van der Waals surface area contributed by atoms with Crippen LogP contribution in [0.5, 0.6) is 0 Å². The number of aryl methyl sites for hydroxylation is 2. The average molecular weight is 279 g/mol. The highest BCUT2D eigenvalue weighted by Gasteiger charge is 2.10. The lowest BCUT2D eigenvalue weighted by Gasteiger charge is -2.04. The summed E-state index contributed by atoms with van der Waals surface area (Å²) in [5, 5.41) is 9.42. The molecule has 20 heavy (non-hydrogen) atoms. The van der Waals surface area contributed by atoms with E-state index in [0.717, 1.165) is 23.4 Å². The number of amides is 1. The van der Waals surface area contributed by atoms with Crippen LogP contribution in [-0.2, 0) is 11.2 Å². The van der Waals surface area contributed by atoms with E-state index in [9.17, 15) is 13.6 Å². The van der Waals surface area contributed by atoms with Crippen LogP contribution in [0.2, 0.25) is 0 Å². The molecule has 4 nitrogen and oxygen atoms in total. The van der Waals surface area contributed by atoms with Crippen molar-refractivity contribution in [3.8, 4) is 0 Å². The molecule has 1 heterocycles. The molecular formula is C14H15F2N3O. The zero-order valence-corrected chi connectivity index (χ0v) is 11.3. The molecule has 0 spiro atoms. The van der Waals surface area contributed by atoms with Gasteiger partial charge in [0.1, 0.15) is 0 Å². The predicted octanol–water partition coefficient (Wildman–Crippen LogP) is 2.88. The third kappa shape index (κ3) is 3.20. The first-order valence-corrected chi connectivity index (χ1v) is 6.22. The summed E-state index contributed by atoms with van der Waals surface area (Å²) < 4.78 is 25.8. The summed E-state index contributed by atoms with van der Waals surface area (Å²) in [5.74, 6) is -1.51. The maximum Gasteiger partial charge on any atom is 0.225 e. The number of aromatic amines is 1. The lowest BCUT2D eigenvalue weighted by Crippen LogP contribution is -2.13. The molecule has 6 heteroatoms. The van der Waals surface area contributed by atoms with Crippen LogP contribution in [0.4, 0.5) is 14.6 Å². The van der Waals surface area contributed by atoms with Gasteiger partial charge in [-0.1, -0.05) is 6.07 Å². The molecule has 106 valence electrons. The van der Waals surface area contributed by atoms with Crippen molar-refractivity contribution in [3.63, 3.8) is 0 Å². The van der Waals surface area contributed by atoms with Crippen LogP contribution in [-0.4, -0.2) is 16.1 Å². The summed E-state index contributed by atoms with van der Waals surface area (Å²) in [6.45, 7) is 3.71. The first kappa shape index (κ1) is 14.2. The van der Waals surface area contributed by atoms with E-state index < -0.39 is 11.6 Å². The van der Waals surface area contributed by atoms with Gasteiger partial charge in [0.05, 0.1) is 0 Å². The summed E-state index contributed by atoms with van der Waals surface area (Å²) in [4.78, 5) is 11.8. The fourth-order valence-electron chi connectivity index (χ4n) is 1.75. The first-order chi connectivity index (χ1) is 9.47. The van der Waals surface area contributed by atoms with Crippen LogP contribution < -0.4 is 5.32 Å². The van der Waals surface area contributed by atoms with Crippen molar-refractivity contribution in [2.75, 3.05) is 5.32 Å². The fourth-order valence-corrected chi connectivity index (χ4v) is 1.75. The minimum absolute atomic E-state index is 0.177. The van der Waals surface area contributed by atoms with Crippen molar-refractivity contribution in [3.05, 3.63) is 46.7 Å². The van der Waals surface area contributed by atoms with Crippen molar-refractivity contribution >= 4 is 11.7 Å². The van der Waals surface area contributed by atoms with E-state index in [1.54, 1.807) is 0 Å². The third-order valence-corrected chi connectivity index (χ3v) is 3.14. The lowest BCUT2D eigenvalue weighted by atomic mass is 10.1. The Morgan fingerprint density at radius 2 is 2.05 bits per heavy atom. The van der Waals surface area contributed by atoms with Gasteiger partial charge in [0.2, 0.25) is 5.91 Å². The van der Waals surface area contributed by atoms with Gasteiger partial charge in [-0.05, 0) is 38.0 Å². The summed E-state index contributed by atoms with van der Waals surface area (Å²) >= 11 is 0. The van der Waals surface area contributed by atoms with E-state index in [2.05, 4.69) is 15.5 Å². The number of rotatable bonds is 4. The van der Waals surface area contributed by atoms with Crippen molar-refractivity contribution < 1.29 is 13.6 Å². The number of hydrogen-bond acceptors (Lipinski definition) is 2. The topological polar surface area (TPSA) is 57.8 Å². The molecular weight excluding hydrogens is 264 g/mol. The van der Waals surface area contributed by atoms with Crippen LogP contribution in [0.25, 0.3) is 0 Å². The molecule has 0 fully saturated rings. The average Bonchev–Trinajstić information content (AvgIpc) is 2.72. The van der Waals surface area contributed by atoms with Gasteiger partial charge in [0.25, 0.3) is 0 Å². The smallest absolute Gasteiger partial charge is 0.225 e. The Labute approximate surface area is 115 Å². The van der Waals surface area contributed by atoms with Crippen molar-refractivity contribution in [2.45, 2.75) is 26.7 Å². The molecule has 2 N–H and O–H groups in total. The van der Waals surface area contributed by atoms with Gasteiger partial charge in [-0.3, -0.25) is 9.89 Å². The fraction of sp³-hybridized carbons (Fsp3) is 0.286. The number of H-pyrrole nitrogens is 1. The minimum Gasteiger partial charge on any atom is -0.309 e. The number of benzene rings is 1. The normalized spacial score (nSPS) is 10.6. The van der Waals surface area contributed by atoms with Crippen LogP contribution in [0.1, 0.15) is 23.2 Å². The van der Waals surface area contributed by atoms with Crippen LogP contribution >= 0.6 is 0 Å². The van der Waals surface area contributed by atoms with Gasteiger partial charge in [0.15, 0.2) is 17.5 Å². The van der Waals surface area contributed by atoms with Crippen LogP contribution in [0, 0.1) is 25.5 Å². The molecule has 2 rings (SSSR count). The molecule has 2 aromatic rings. The molecule has 0 radical (unpaired) electrons. The molecule has 0 bridgehead atoms. The Morgan fingerprint density at radius 1 is 1.30 bits per heavy atom. The number of carbonyl (C=O) groups is 1. The Bertz CT molecular complexity index is 637. The number of anilines is 1. The maximum atomic E-state index is 13.0. The summed E-state index contributed by atoms with van der Waals surface area (Å²) in [6.07, 6.45) is 0.516. The Kier molecular flexibility index (Phi) is 4.12. The number of carbonyl (C=O) groups excluding carboxylic acids is 1. The highest BCUT2D eigenvalue weighted by Crippen LogP contribution is 2.15. The second-order valence-corrected chi connectivity index (χ2v) is 4.62. The van der Waals surface area contributed by atoms with Crippen LogP contribution in [0.3, 0.4) is 0 Å². The standard InChI is InChI=1S/C14H15F2N3O/c1-8-9(2)18-19-14(8)17-13(20)6-4-10-3-5-11(15)12(16)7-10/h3,5,7H,4,6H2,1-2H3,(H2,17,18,19,20). The molecule has 0 saturated heterocycles. The predicted molar refractivity (Wildman–Crippen MR) is 71.4 cm³/mol. The monoisotopic (exact) mass is 279 g/mol. The molecule has 0 aliphatic rings. The quantitative estimate of drug-likeness (QED) is 0.904. The Balaban J connectivity index is 1.92. The Morgan fingerprint density at radius 3 is 2.65 bits per heavy atom. The van der Waals surface area contributed by atoms with Gasteiger partial charge < -0.3 is 5.32 Å². The molecule has 1 amide bonds. The van der Waals surface area contributed by atoms with Gasteiger partial charge in [-0.15, -0.1) is 0 Å². The van der Waals surface area contributed by atoms with Gasteiger partial charge in [0, 0.05) is 17.7 Å². The number of aromatic nitrogens is 2. The second-order valence-electron chi connectivity index (χ2n) is 4.62. The zero-order valence-electron chi connectivity index (χ0n) is 11.3. The molecule has 0 saturated carbocycles. The molecule has 0 aliphatic heterocycles. The second kappa shape index (κ2) is 5.81. The number of halogens is 2.